The molecule has 166 valence electrons. The summed E-state index contributed by atoms with van der Waals surface area (Å²) in [6.07, 6.45) is 0. The minimum Gasteiger partial charge on any atom is -0.501 e. The summed E-state index contributed by atoms with van der Waals surface area (Å²) in [5, 5.41) is 19.3. The van der Waals surface area contributed by atoms with E-state index < -0.39 is 23.0 Å². The molecule has 0 unspecified atom stereocenters. The van der Waals surface area contributed by atoms with Gasteiger partial charge in [0, 0.05) is 12.1 Å². The van der Waals surface area contributed by atoms with E-state index in [0.29, 0.717) is 11.5 Å². The maximum Gasteiger partial charge on any atom is 0.360 e. The number of hydrogen-bond donors (Lipinski definition) is 4. The SMILES string of the molecule is COC(=O)c1nc2cc(-c3ccccc3)[nH]n2c(=O)c1O.Nc1cc(-c2ccccc2)[nH]n1. The average molecular weight is 444 g/mol. The van der Waals surface area contributed by atoms with Gasteiger partial charge in [-0.3, -0.25) is 15.0 Å². The molecule has 3 heterocycles. The van der Waals surface area contributed by atoms with Gasteiger partial charge in [0.1, 0.15) is 5.82 Å². The fourth-order valence-electron chi connectivity index (χ4n) is 3.12. The number of methoxy groups -OCH3 is 1. The van der Waals surface area contributed by atoms with Crippen LogP contribution in [0.2, 0.25) is 0 Å². The summed E-state index contributed by atoms with van der Waals surface area (Å²) in [5.74, 6) is -1.09. The van der Waals surface area contributed by atoms with Crippen molar-refractivity contribution in [2.24, 2.45) is 0 Å². The molecule has 3 aromatic heterocycles. The van der Waals surface area contributed by atoms with Gasteiger partial charge in [-0.15, -0.1) is 0 Å². The van der Waals surface area contributed by atoms with Gasteiger partial charge < -0.3 is 15.6 Å². The van der Waals surface area contributed by atoms with Gasteiger partial charge in [-0.25, -0.2) is 9.78 Å². The highest BCUT2D eigenvalue weighted by atomic mass is 16.5. The molecule has 5 N–H and O–H groups in total. The summed E-state index contributed by atoms with van der Waals surface area (Å²) in [6, 6.07) is 22.7. The second-order valence-electron chi connectivity index (χ2n) is 6.91. The van der Waals surface area contributed by atoms with Gasteiger partial charge in [0.25, 0.3) is 0 Å². The van der Waals surface area contributed by atoms with Crippen molar-refractivity contribution in [1.82, 2.24) is 24.8 Å². The van der Waals surface area contributed by atoms with Crippen molar-refractivity contribution < 1.29 is 14.6 Å². The van der Waals surface area contributed by atoms with E-state index in [1.54, 1.807) is 6.07 Å². The Balaban J connectivity index is 0.000000183. The average Bonchev–Trinajstić information content (AvgIpc) is 3.49. The number of aromatic nitrogens is 5. The topological polar surface area (TPSA) is 151 Å². The number of fused-ring (bicyclic) bond motifs is 1. The largest absolute Gasteiger partial charge is 0.501 e. The number of carbonyl (C=O) groups is 1. The molecule has 5 rings (SSSR count). The third-order valence-electron chi connectivity index (χ3n) is 4.74. The zero-order valence-electron chi connectivity index (χ0n) is 17.5. The number of nitrogens with zero attached hydrogens (tertiary/aromatic N) is 3. The Kier molecular flexibility index (Phi) is 5.90. The molecular formula is C23H20N6O4. The number of anilines is 1. The number of carbonyl (C=O) groups excluding carboxylic acids is 1. The van der Waals surface area contributed by atoms with Crippen molar-refractivity contribution in [3.8, 4) is 28.3 Å². The summed E-state index contributed by atoms with van der Waals surface area (Å²) in [7, 11) is 1.15. The van der Waals surface area contributed by atoms with E-state index in [4.69, 9.17) is 5.73 Å². The predicted molar refractivity (Wildman–Crippen MR) is 123 cm³/mol. The molecule has 5 aromatic rings. The van der Waals surface area contributed by atoms with Crippen LogP contribution in [-0.2, 0) is 4.74 Å². The van der Waals surface area contributed by atoms with Crippen LogP contribution in [0.5, 0.6) is 5.75 Å². The first-order valence-corrected chi connectivity index (χ1v) is 9.82. The van der Waals surface area contributed by atoms with Gasteiger partial charge in [0.2, 0.25) is 5.75 Å². The third-order valence-corrected chi connectivity index (χ3v) is 4.74. The number of hydrogen-bond acceptors (Lipinski definition) is 7. The van der Waals surface area contributed by atoms with Gasteiger partial charge in [0.05, 0.1) is 18.5 Å². The third kappa shape index (κ3) is 4.44. The Morgan fingerprint density at radius 1 is 1.00 bits per heavy atom. The van der Waals surface area contributed by atoms with Crippen LogP contribution in [0.4, 0.5) is 5.82 Å². The number of aromatic hydroxyl groups is 1. The molecule has 0 fully saturated rings. The number of H-pyrrole nitrogens is 2. The molecule has 10 heteroatoms. The van der Waals surface area contributed by atoms with Gasteiger partial charge in [-0.1, -0.05) is 60.7 Å². The van der Waals surface area contributed by atoms with Crippen molar-refractivity contribution in [2.45, 2.75) is 0 Å². The van der Waals surface area contributed by atoms with Crippen LogP contribution in [-0.4, -0.2) is 43.0 Å². The zero-order valence-corrected chi connectivity index (χ0v) is 17.5. The highest BCUT2D eigenvalue weighted by Gasteiger charge is 2.20. The Morgan fingerprint density at radius 2 is 1.61 bits per heavy atom. The van der Waals surface area contributed by atoms with Crippen LogP contribution in [0.25, 0.3) is 28.2 Å². The molecule has 0 atom stereocenters. The molecule has 33 heavy (non-hydrogen) atoms. The predicted octanol–water partition coefficient (Wildman–Crippen LogP) is 2.84. The number of aromatic amines is 2. The van der Waals surface area contributed by atoms with Crippen LogP contribution < -0.4 is 11.3 Å². The summed E-state index contributed by atoms with van der Waals surface area (Å²) in [6.45, 7) is 0. The van der Waals surface area contributed by atoms with Crippen molar-refractivity contribution in [2.75, 3.05) is 12.8 Å². The lowest BCUT2D eigenvalue weighted by molar-refractivity contribution is 0.0590. The first kappa shape index (κ1) is 21.4. The number of esters is 1. The van der Waals surface area contributed by atoms with Crippen molar-refractivity contribution >= 4 is 17.4 Å². The van der Waals surface area contributed by atoms with Crippen molar-refractivity contribution in [3.05, 3.63) is 88.8 Å². The maximum absolute atomic E-state index is 12.0. The van der Waals surface area contributed by atoms with Crippen molar-refractivity contribution in [3.63, 3.8) is 0 Å². The van der Waals surface area contributed by atoms with E-state index in [2.05, 4.69) is 25.0 Å². The van der Waals surface area contributed by atoms with E-state index in [1.165, 1.54) is 0 Å². The van der Waals surface area contributed by atoms with Crippen LogP contribution in [0.1, 0.15) is 10.5 Å². The molecule has 0 saturated carbocycles. The fraction of sp³-hybridized carbons (Fsp3) is 0.0435. The standard InChI is InChI=1S/C14H11N3O4.C9H9N3/c1-21-14(20)11-12(18)13(19)17-10(15-11)7-9(16-17)8-5-3-2-4-6-8;10-9-6-8(11-12-9)7-4-2-1-3-5-7/h2-7,16,18H,1H3;1-6H,(H3,10,11,12). The second kappa shape index (κ2) is 9.10. The zero-order chi connectivity index (χ0) is 23.4. The number of nitrogens with one attached hydrogen (secondary N) is 2. The smallest absolute Gasteiger partial charge is 0.360 e. The Bertz CT molecular complexity index is 1460. The van der Waals surface area contributed by atoms with Crippen LogP contribution >= 0.6 is 0 Å². The molecule has 10 nitrogen and oxygen atoms in total. The van der Waals surface area contributed by atoms with Crippen LogP contribution in [0, 0.1) is 0 Å². The number of benzene rings is 2. The van der Waals surface area contributed by atoms with E-state index in [1.807, 2.05) is 66.7 Å². The first-order chi connectivity index (χ1) is 16.0. The Labute approximate surface area is 187 Å². The lowest BCUT2D eigenvalue weighted by atomic mass is 10.2. The molecule has 0 aliphatic rings. The molecule has 0 saturated heterocycles. The molecular weight excluding hydrogens is 424 g/mol. The Hall–Kier alpha value is -4.86. The quantitative estimate of drug-likeness (QED) is 0.312. The van der Waals surface area contributed by atoms with E-state index in [9.17, 15) is 14.7 Å². The number of nitrogens with two attached hydrogens (primary N) is 1. The van der Waals surface area contributed by atoms with Gasteiger partial charge in [-0.2, -0.15) is 9.61 Å². The maximum atomic E-state index is 12.0. The summed E-state index contributed by atoms with van der Waals surface area (Å²) in [4.78, 5) is 27.5. The molecule has 0 bridgehead atoms. The summed E-state index contributed by atoms with van der Waals surface area (Å²) < 4.78 is 5.57. The number of ether oxygens (including phenoxy) is 1. The van der Waals surface area contributed by atoms with Gasteiger partial charge >= 0.3 is 11.5 Å². The minimum absolute atomic E-state index is 0.219. The summed E-state index contributed by atoms with van der Waals surface area (Å²) >= 11 is 0. The molecule has 2 aromatic carbocycles. The lowest BCUT2D eigenvalue weighted by Crippen LogP contribution is -2.19. The van der Waals surface area contributed by atoms with E-state index in [0.717, 1.165) is 28.4 Å². The van der Waals surface area contributed by atoms with E-state index >= 15 is 0 Å². The second-order valence-corrected chi connectivity index (χ2v) is 6.91. The highest BCUT2D eigenvalue weighted by Crippen LogP contribution is 2.20. The monoisotopic (exact) mass is 444 g/mol. The molecule has 0 radical (unpaired) electrons. The van der Waals surface area contributed by atoms with Crippen LogP contribution in [0.15, 0.2) is 77.6 Å². The van der Waals surface area contributed by atoms with Crippen LogP contribution in [0.3, 0.4) is 0 Å². The summed E-state index contributed by atoms with van der Waals surface area (Å²) in [5.41, 5.74) is 8.07. The normalized spacial score (nSPS) is 10.5. The lowest BCUT2D eigenvalue weighted by Gasteiger charge is -2.01. The highest BCUT2D eigenvalue weighted by molar-refractivity contribution is 5.90. The minimum atomic E-state index is -0.866. The van der Waals surface area contributed by atoms with Gasteiger partial charge in [-0.05, 0) is 11.1 Å². The van der Waals surface area contributed by atoms with E-state index in [-0.39, 0.29) is 5.65 Å². The molecule has 0 aliphatic heterocycles. The van der Waals surface area contributed by atoms with Crippen molar-refractivity contribution in [1.29, 1.82) is 0 Å². The molecule has 0 aliphatic carbocycles. The number of rotatable bonds is 3. The van der Waals surface area contributed by atoms with Gasteiger partial charge in [0.15, 0.2) is 11.3 Å². The fourth-order valence-corrected chi connectivity index (χ4v) is 3.12. The Morgan fingerprint density at radius 3 is 2.15 bits per heavy atom. The first-order valence-electron chi connectivity index (χ1n) is 9.82. The molecule has 0 spiro atoms. The molecule has 0 amide bonds. The number of nitrogen functional groups attached to an aromatic ring is 1.